The van der Waals surface area contributed by atoms with Crippen LogP contribution in [0, 0.1) is 0 Å². The van der Waals surface area contributed by atoms with Gasteiger partial charge >= 0.3 is 5.97 Å². The molecule has 0 amide bonds. The van der Waals surface area contributed by atoms with Crippen LogP contribution in [0.5, 0.6) is 0 Å². The van der Waals surface area contributed by atoms with Gasteiger partial charge in [0.25, 0.3) is 0 Å². The number of hydrogen-bond acceptors (Lipinski definition) is 9. The number of unbranched alkanes of at least 4 members (excludes halogenated alkanes) is 20. The summed E-state index contributed by atoms with van der Waals surface area (Å²) < 4.78 is 22.6. The number of allylic oxidation sites excluding steroid dienone is 6. The lowest BCUT2D eigenvalue weighted by atomic mass is 9.99. The summed E-state index contributed by atoms with van der Waals surface area (Å²) in [4.78, 5) is 12.7. The molecule has 9 nitrogen and oxygen atoms in total. The Bertz CT molecular complexity index is 921. The van der Waals surface area contributed by atoms with Gasteiger partial charge in [0.05, 0.1) is 19.8 Å². The van der Waals surface area contributed by atoms with Crippen molar-refractivity contribution < 1.29 is 44.2 Å². The van der Waals surface area contributed by atoms with E-state index in [0.717, 1.165) is 44.9 Å². The second-order valence-corrected chi connectivity index (χ2v) is 15.1. The SMILES string of the molecule is CCCCCCC/C=C\C/C=C\C/C=C\CCCCCCCCCCCCC(=O)OC(COCCCCCCCC)COC1OC(CO)C(O)C(O)C1O. The molecule has 0 aromatic rings. The minimum absolute atomic E-state index is 0.114. The molecule has 0 aromatic heterocycles. The third kappa shape index (κ3) is 27.9. The summed E-state index contributed by atoms with van der Waals surface area (Å²) in [7, 11) is 0. The number of ether oxygens (including phenoxy) is 4. The summed E-state index contributed by atoms with van der Waals surface area (Å²) in [6.45, 7) is 4.49. The zero-order chi connectivity index (χ0) is 39.3. The molecule has 1 aliphatic heterocycles. The van der Waals surface area contributed by atoms with E-state index in [0.29, 0.717) is 13.0 Å². The van der Waals surface area contributed by atoms with Gasteiger partial charge in [-0.1, -0.05) is 159 Å². The maximum atomic E-state index is 12.7. The minimum atomic E-state index is -1.53. The van der Waals surface area contributed by atoms with E-state index in [1.54, 1.807) is 0 Å². The molecule has 4 N–H and O–H groups in total. The summed E-state index contributed by atoms with van der Waals surface area (Å²) in [5, 5.41) is 39.9. The van der Waals surface area contributed by atoms with Gasteiger partial charge in [0.1, 0.15) is 30.5 Å². The average molecular weight is 767 g/mol. The largest absolute Gasteiger partial charge is 0.457 e. The maximum absolute atomic E-state index is 12.7. The first-order valence-electron chi connectivity index (χ1n) is 22.1. The Morgan fingerprint density at radius 3 is 1.61 bits per heavy atom. The normalized spacial score (nSPS) is 21.2. The number of rotatable bonds is 37. The Morgan fingerprint density at radius 2 is 1.07 bits per heavy atom. The molecule has 0 saturated carbocycles. The van der Waals surface area contributed by atoms with Gasteiger partial charge in [0.2, 0.25) is 0 Å². The van der Waals surface area contributed by atoms with Gasteiger partial charge in [-0.2, -0.15) is 0 Å². The molecule has 6 unspecified atom stereocenters. The van der Waals surface area contributed by atoms with Crippen molar-refractivity contribution in [2.24, 2.45) is 0 Å². The molecule has 1 fully saturated rings. The highest BCUT2D eigenvalue weighted by Gasteiger charge is 2.44. The molecule has 0 aromatic carbocycles. The van der Waals surface area contributed by atoms with E-state index >= 15 is 0 Å². The van der Waals surface area contributed by atoms with E-state index in [9.17, 15) is 25.2 Å². The molecule has 6 atom stereocenters. The van der Waals surface area contributed by atoms with Crippen LogP contribution in [-0.4, -0.2) is 89.6 Å². The number of hydrogen-bond donors (Lipinski definition) is 4. The van der Waals surface area contributed by atoms with Crippen LogP contribution in [0.25, 0.3) is 0 Å². The predicted molar refractivity (Wildman–Crippen MR) is 219 cm³/mol. The van der Waals surface area contributed by atoms with Crippen molar-refractivity contribution in [3.63, 3.8) is 0 Å². The fraction of sp³-hybridized carbons (Fsp3) is 0.844. The van der Waals surface area contributed by atoms with E-state index < -0.39 is 43.4 Å². The van der Waals surface area contributed by atoms with E-state index in [4.69, 9.17) is 18.9 Å². The fourth-order valence-electron chi connectivity index (χ4n) is 6.56. The molecule has 9 heteroatoms. The van der Waals surface area contributed by atoms with Crippen molar-refractivity contribution in [2.45, 2.75) is 218 Å². The lowest BCUT2D eigenvalue weighted by Crippen LogP contribution is -2.59. The third-order valence-electron chi connectivity index (χ3n) is 10.1. The molecular formula is C45H82O9. The molecule has 0 bridgehead atoms. The molecular weight excluding hydrogens is 684 g/mol. The molecule has 1 saturated heterocycles. The zero-order valence-corrected chi connectivity index (χ0v) is 34.5. The van der Waals surface area contributed by atoms with Crippen molar-refractivity contribution >= 4 is 5.97 Å². The van der Waals surface area contributed by atoms with Gasteiger partial charge < -0.3 is 39.4 Å². The van der Waals surface area contributed by atoms with Crippen LogP contribution in [0.15, 0.2) is 36.5 Å². The Kier molecular flexibility index (Phi) is 34.6. The number of esters is 1. The summed E-state index contributed by atoms with van der Waals surface area (Å²) in [5.74, 6) is -0.321. The average Bonchev–Trinajstić information content (AvgIpc) is 3.17. The monoisotopic (exact) mass is 767 g/mol. The second-order valence-electron chi connectivity index (χ2n) is 15.1. The zero-order valence-electron chi connectivity index (χ0n) is 34.5. The molecule has 0 radical (unpaired) electrons. The van der Waals surface area contributed by atoms with Crippen molar-refractivity contribution in [3.8, 4) is 0 Å². The summed E-state index contributed by atoms with van der Waals surface area (Å²) in [6, 6.07) is 0. The maximum Gasteiger partial charge on any atom is 0.306 e. The third-order valence-corrected chi connectivity index (χ3v) is 10.1. The van der Waals surface area contributed by atoms with Crippen molar-refractivity contribution in [1.29, 1.82) is 0 Å². The Hall–Kier alpha value is -1.59. The molecule has 316 valence electrons. The molecule has 0 aliphatic carbocycles. The van der Waals surface area contributed by atoms with Gasteiger partial charge in [0, 0.05) is 13.0 Å². The lowest BCUT2D eigenvalue weighted by molar-refractivity contribution is -0.305. The lowest BCUT2D eigenvalue weighted by Gasteiger charge is -2.39. The van der Waals surface area contributed by atoms with E-state index in [-0.39, 0.29) is 19.2 Å². The number of aliphatic hydroxyl groups excluding tert-OH is 4. The van der Waals surface area contributed by atoms with Crippen LogP contribution in [0.4, 0.5) is 0 Å². The van der Waals surface area contributed by atoms with Gasteiger partial charge in [-0.25, -0.2) is 0 Å². The van der Waals surface area contributed by atoms with E-state index in [2.05, 4.69) is 50.3 Å². The van der Waals surface area contributed by atoms with Crippen LogP contribution >= 0.6 is 0 Å². The number of aliphatic hydroxyl groups is 4. The molecule has 1 heterocycles. The number of carbonyl (C=O) groups is 1. The summed E-state index contributed by atoms with van der Waals surface area (Å²) in [6.07, 6.45) is 36.3. The fourth-order valence-corrected chi connectivity index (χ4v) is 6.56. The predicted octanol–water partition coefficient (Wildman–Crippen LogP) is 9.58. The van der Waals surface area contributed by atoms with Crippen LogP contribution in [0.2, 0.25) is 0 Å². The highest BCUT2D eigenvalue weighted by atomic mass is 16.7. The highest BCUT2D eigenvalue weighted by Crippen LogP contribution is 2.22. The Balaban J connectivity index is 2.14. The molecule has 54 heavy (non-hydrogen) atoms. The van der Waals surface area contributed by atoms with Gasteiger partial charge in [-0.05, 0) is 51.4 Å². The standard InChI is InChI=1S/C45H82O9/c1-3-5-7-9-11-12-13-14-15-16-17-18-19-20-21-22-23-24-25-26-27-28-29-30-32-34-41(47)53-39(37-51-35-33-31-10-8-6-4-2)38-52-45-44(50)43(49)42(48)40(36-46)54-45/h13-14,16-17,19-20,39-40,42-46,48-50H,3-12,15,18,21-38H2,1-2H3/b14-13-,17-16-,20-19-. The van der Waals surface area contributed by atoms with Gasteiger partial charge in [-0.15, -0.1) is 0 Å². The van der Waals surface area contributed by atoms with Gasteiger partial charge in [-0.3, -0.25) is 4.79 Å². The van der Waals surface area contributed by atoms with Crippen molar-refractivity contribution in [2.75, 3.05) is 26.4 Å². The number of carbonyl (C=O) groups excluding carboxylic acids is 1. The Labute approximate surface area is 330 Å². The van der Waals surface area contributed by atoms with Crippen LogP contribution in [0.3, 0.4) is 0 Å². The van der Waals surface area contributed by atoms with Crippen LogP contribution in [0.1, 0.15) is 181 Å². The molecule has 1 aliphatic rings. The van der Waals surface area contributed by atoms with Crippen LogP contribution in [-0.2, 0) is 23.7 Å². The smallest absolute Gasteiger partial charge is 0.306 e. The Morgan fingerprint density at radius 1 is 0.593 bits per heavy atom. The highest BCUT2D eigenvalue weighted by molar-refractivity contribution is 5.69. The molecule has 0 spiro atoms. The summed E-state index contributed by atoms with van der Waals surface area (Å²) in [5.41, 5.74) is 0. The molecule has 1 rings (SSSR count). The van der Waals surface area contributed by atoms with Crippen LogP contribution < -0.4 is 0 Å². The topological polar surface area (TPSA) is 135 Å². The van der Waals surface area contributed by atoms with E-state index in [1.807, 2.05) is 0 Å². The minimum Gasteiger partial charge on any atom is -0.457 e. The summed E-state index contributed by atoms with van der Waals surface area (Å²) >= 11 is 0. The quantitative estimate of drug-likeness (QED) is 0.0277. The first kappa shape index (κ1) is 50.4. The van der Waals surface area contributed by atoms with E-state index in [1.165, 1.54) is 116 Å². The first-order chi connectivity index (χ1) is 26.4. The van der Waals surface area contributed by atoms with Crippen molar-refractivity contribution in [3.05, 3.63) is 36.5 Å². The second kappa shape index (κ2) is 37.0. The van der Waals surface area contributed by atoms with Crippen molar-refractivity contribution in [1.82, 2.24) is 0 Å². The first-order valence-corrected chi connectivity index (χ1v) is 22.1. The van der Waals surface area contributed by atoms with Gasteiger partial charge in [0.15, 0.2) is 6.29 Å².